The fourth-order valence-electron chi connectivity index (χ4n) is 2.03. The standard InChI is InChI=1S/C13H18FNOS/c1-10(16)11-3-4-13(12(14)9-11)15-5-2-7-17-8-6-15/h3-4,9-10,16H,2,5-8H2,1H3/t10-/m1/s1. The van der Waals surface area contributed by atoms with Crippen LogP contribution in [0, 0.1) is 5.82 Å². The van der Waals surface area contributed by atoms with Crippen LogP contribution in [0.15, 0.2) is 18.2 Å². The van der Waals surface area contributed by atoms with Crippen LogP contribution < -0.4 is 4.90 Å². The van der Waals surface area contributed by atoms with E-state index in [2.05, 4.69) is 4.90 Å². The molecule has 1 aromatic rings. The Balaban J connectivity index is 2.19. The first-order valence-corrected chi connectivity index (χ1v) is 7.14. The average molecular weight is 255 g/mol. The fourth-order valence-corrected chi connectivity index (χ4v) is 2.91. The van der Waals surface area contributed by atoms with Gasteiger partial charge in [-0.05, 0) is 36.8 Å². The van der Waals surface area contributed by atoms with Crippen molar-refractivity contribution >= 4 is 17.4 Å². The summed E-state index contributed by atoms with van der Waals surface area (Å²) >= 11 is 1.92. The van der Waals surface area contributed by atoms with Crippen LogP contribution in [0.1, 0.15) is 25.0 Å². The first-order valence-electron chi connectivity index (χ1n) is 5.98. The molecular weight excluding hydrogens is 237 g/mol. The number of benzene rings is 1. The molecule has 0 saturated carbocycles. The number of halogens is 1. The second-order valence-electron chi connectivity index (χ2n) is 4.34. The van der Waals surface area contributed by atoms with Gasteiger partial charge in [0.25, 0.3) is 0 Å². The molecule has 1 fully saturated rings. The van der Waals surface area contributed by atoms with Gasteiger partial charge in [-0.15, -0.1) is 0 Å². The molecule has 2 rings (SSSR count). The molecule has 0 amide bonds. The molecule has 1 N–H and O–H groups in total. The average Bonchev–Trinajstić information content (AvgIpc) is 2.57. The van der Waals surface area contributed by atoms with E-state index in [4.69, 9.17) is 0 Å². The van der Waals surface area contributed by atoms with Crippen molar-refractivity contribution in [2.75, 3.05) is 29.5 Å². The molecule has 1 atom stereocenters. The summed E-state index contributed by atoms with van der Waals surface area (Å²) in [6.45, 7) is 3.46. The van der Waals surface area contributed by atoms with Gasteiger partial charge in [0.2, 0.25) is 0 Å². The molecule has 0 bridgehead atoms. The Morgan fingerprint density at radius 3 is 2.88 bits per heavy atom. The van der Waals surface area contributed by atoms with Crippen molar-refractivity contribution < 1.29 is 9.50 Å². The minimum absolute atomic E-state index is 0.227. The van der Waals surface area contributed by atoms with E-state index in [1.165, 1.54) is 6.07 Å². The zero-order chi connectivity index (χ0) is 12.3. The second kappa shape index (κ2) is 5.74. The van der Waals surface area contributed by atoms with Crippen LogP contribution in [-0.4, -0.2) is 29.7 Å². The molecule has 0 radical (unpaired) electrons. The van der Waals surface area contributed by atoms with Crippen molar-refractivity contribution in [1.82, 2.24) is 0 Å². The van der Waals surface area contributed by atoms with Crippen molar-refractivity contribution in [2.24, 2.45) is 0 Å². The van der Waals surface area contributed by atoms with Gasteiger partial charge in [0.15, 0.2) is 0 Å². The number of aliphatic hydroxyl groups is 1. The molecule has 2 nitrogen and oxygen atoms in total. The lowest BCUT2D eigenvalue weighted by Crippen LogP contribution is -2.26. The largest absolute Gasteiger partial charge is 0.389 e. The Labute approximate surface area is 106 Å². The third-order valence-corrected chi connectivity index (χ3v) is 4.07. The lowest BCUT2D eigenvalue weighted by molar-refractivity contribution is 0.199. The first-order chi connectivity index (χ1) is 8.18. The van der Waals surface area contributed by atoms with Crippen LogP contribution in [0.5, 0.6) is 0 Å². The maximum absolute atomic E-state index is 14.0. The SMILES string of the molecule is C[C@@H](O)c1ccc(N2CCCSCC2)c(F)c1. The predicted molar refractivity (Wildman–Crippen MR) is 71.2 cm³/mol. The zero-order valence-electron chi connectivity index (χ0n) is 10.0. The first kappa shape index (κ1) is 12.7. The summed E-state index contributed by atoms with van der Waals surface area (Å²) in [6, 6.07) is 5.03. The van der Waals surface area contributed by atoms with Crippen LogP contribution in [0.25, 0.3) is 0 Å². The van der Waals surface area contributed by atoms with Crippen molar-refractivity contribution in [3.63, 3.8) is 0 Å². The van der Waals surface area contributed by atoms with Gasteiger partial charge in [-0.2, -0.15) is 11.8 Å². The van der Waals surface area contributed by atoms with Crippen LogP contribution in [0.4, 0.5) is 10.1 Å². The number of thioether (sulfide) groups is 1. The number of aliphatic hydroxyl groups excluding tert-OH is 1. The highest BCUT2D eigenvalue weighted by Crippen LogP contribution is 2.25. The van der Waals surface area contributed by atoms with E-state index < -0.39 is 6.10 Å². The van der Waals surface area contributed by atoms with Crippen molar-refractivity contribution in [3.05, 3.63) is 29.6 Å². The normalized spacial score (nSPS) is 18.9. The van der Waals surface area contributed by atoms with Crippen molar-refractivity contribution in [3.8, 4) is 0 Å². The fraction of sp³-hybridized carbons (Fsp3) is 0.538. The smallest absolute Gasteiger partial charge is 0.146 e. The van der Waals surface area contributed by atoms with E-state index in [-0.39, 0.29) is 5.82 Å². The molecule has 17 heavy (non-hydrogen) atoms. The number of rotatable bonds is 2. The number of nitrogens with zero attached hydrogens (tertiary/aromatic N) is 1. The molecule has 0 aliphatic carbocycles. The van der Waals surface area contributed by atoms with Gasteiger partial charge in [0.05, 0.1) is 11.8 Å². The van der Waals surface area contributed by atoms with Crippen LogP contribution in [-0.2, 0) is 0 Å². The molecule has 4 heteroatoms. The van der Waals surface area contributed by atoms with E-state index >= 15 is 0 Å². The van der Waals surface area contributed by atoms with E-state index in [1.54, 1.807) is 19.1 Å². The zero-order valence-corrected chi connectivity index (χ0v) is 10.8. The predicted octanol–water partition coefficient (Wildman–Crippen LogP) is 2.82. The quantitative estimate of drug-likeness (QED) is 0.879. The number of anilines is 1. The number of hydrogen-bond donors (Lipinski definition) is 1. The molecule has 1 heterocycles. The van der Waals surface area contributed by atoms with Gasteiger partial charge in [-0.25, -0.2) is 4.39 Å². The van der Waals surface area contributed by atoms with E-state index in [0.29, 0.717) is 11.3 Å². The molecule has 94 valence electrons. The van der Waals surface area contributed by atoms with E-state index in [1.807, 2.05) is 11.8 Å². The number of hydrogen-bond acceptors (Lipinski definition) is 3. The van der Waals surface area contributed by atoms with Crippen molar-refractivity contribution in [2.45, 2.75) is 19.4 Å². The minimum Gasteiger partial charge on any atom is -0.389 e. The van der Waals surface area contributed by atoms with Gasteiger partial charge in [-0.3, -0.25) is 0 Å². The van der Waals surface area contributed by atoms with Crippen LogP contribution in [0.3, 0.4) is 0 Å². The molecule has 1 aliphatic rings. The summed E-state index contributed by atoms with van der Waals surface area (Å²) in [6.07, 6.45) is 0.487. The Morgan fingerprint density at radius 2 is 2.18 bits per heavy atom. The van der Waals surface area contributed by atoms with Gasteiger partial charge in [-0.1, -0.05) is 6.07 Å². The highest BCUT2D eigenvalue weighted by molar-refractivity contribution is 7.99. The van der Waals surface area contributed by atoms with Gasteiger partial charge >= 0.3 is 0 Å². The second-order valence-corrected chi connectivity index (χ2v) is 5.56. The monoisotopic (exact) mass is 255 g/mol. The molecule has 0 spiro atoms. The third kappa shape index (κ3) is 3.13. The minimum atomic E-state index is -0.613. The molecule has 1 saturated heterocycles. The molecule has 0 unspecified atom stereocenters. The molecular formula is C13H18FNOS. The van der Waals surface area contributed by atoms with Crippen LogP contribution in [0.2, 0.25) is 0 Å². The van der Waals surface area contributed by atoms with E-state index in [0.717, 1.165) is 31.0 Å². The molecule has 1 aromatic carbocycles. The summed E-state index contributed by atoms with van der Waals surface area (Å²) in [5.41, 5.74) is 1.30. The maximum Gasteiger partial charge on any atom is 0.146 e. The van der Waals surface area contributed by atoms with E-state index in [9.17, 15) is 9.50 Å². The lowest BCUT2D eigenvalue weighted by atomic mass is 10.1. The summed E-state index contributed by atoms with van der Waals surface area (Å²) in [5.74, 6) is 1.98. The van der Waals surface area contributed by atoms with Crippen molar-refractivity contribution in [1.29, 1.82) is 0 Å². The Morgan fingerprint density at radius 1 is 1.35 bits per heavy atom. The third-order valence-electron chi connectivity index (χ3n) is 3.02. The molecule has 1 aliphatic heterocycles. The van der Waals surface area contributed by atoms with Crippen LogP contribution >= 0.6 is 11.8 Å². The summed E-state index contributed by atoms with van der Waals surface area (Å²) in [7, 11) is 0. The Kier molecular flexibility index (Phi) is 4.29. The Hall–Kier alpha value is -0.740. The highest BCUT2D eigenvalue weighted by atomic mass is 32.2. The van der Waals surface area contributed by atoms with Gasteiger partial charge < -0.3 is 10.0 Å². The Bertz CT molecular complexity index is 376. The highest BCUT2D eigenvalue weighted by Gasteiger charge is 2.15. The van der Waals surface area contributed by atoms with Gasteiger partial charge in [0, 0.05) is 18.8 Å². The molecule has 0 aromatic heterocycles. The maximum atomic E-state index is 14.0. The van der Waals surface area contributed by atoms with Gasteiger partial charge in [0.1, 0.15) is 5.82 Å². The summed E-state index contributed by atoms with van der Waals surface area (Å²) in [5, 5.41) is 9.41. The lowest BCUT2D eigenvalue weighted by Gasteiger charge is -2.23. The topological polar surface area (TPSA) is 23.5 Å². The summed E-state index contributed by atoms with van der Waals surface area (Å²) < 4.78 is 14.0. The summed E-state index contributed by atoms with van der Waals surface area (Å²) in [4.78, 5) is 2.10.